The van der Waals surface area contributed by atoms with E-state index in [1.54, 1.807) is 24.4 Å². The number of halogens is 2. The van der Waals surface area contributed by atoms with Gasteiger partial charge in [0.15, 0.2) is 0 Å². The number of rotatable bonds is 4. The molecule has 0 fully saturated rings. The molecular formula is C24H19BF2N4O2. The maximum Gasteiger partial charge on any atom is 0.491 e. The summed E-state index contributed by atoms with van der Waals surface area (Å²) in [5.74, 6) is 0.472. The molecule has 0 bridgehead atoms. The zero-order valence-electron chi connectivity index (χ0n) is 17.3. The van der Waals surface area contributed by atoms with Crippen molar-refractivity contribution >= 4 is 35.0 Å². The molecule has 33 heavy (non-hydrogen) atoms. The number of hydrogen-bond acceptors (Lipinski definition) is 5. The summed E-state index contributed by atoms with van der Waals surface area (Å²) in [6, 6.07) is 23.7. The second-order valence-corrected chi connectivity index (χ2v) is 7.05. The lowest BCUT2D eigenvalue weighted by Gasteiger charge is -2.11. The summed E-state index contributed by atoms with van der Waals surface area (Å²) in [5, 5.41) is 28.8. The molecule has 0 saturated carbocycles. The van der Waals surface area contributed by atoms with Gasteiger partial charge in [0.25, 0.3) is 0 Å². The van der Waals surface area contributed by atoms with E-state index in [1.165, 1.54) is 30.3 Å². The van der Waals surface area contributed by atoms with Crippen molar-refractivity contribution in [3.8, 4) is 11.3 Å². The van der Waals surface area contributed by atoms with Gasteiger partial charge >= 0.3 is 7.12 Å². The monoisotopic (exact) mass is 444 g/mol. The van der Waals surface area contributed by atoms with Crippen LogP contribution in [0.15, 0.2) is 91.1 Å². The Morgan fingerprint density at radius 2 is 1.52 bits per heavy atom. The largest absolute Gasteiger partial charge is 0.491 e. The van der Waals surface area contributed by atoms with Crippen LogP contribution in [-0.2, 0) is 0 Å². The quantitative estimate of drug-likeness (QED) is 0.315. The van der Waals surface area contributed by atoms with E-state index < -0.39 is 12.9 Å². The van der Waals surface area contributed by atoms with Gasteiger partial charge in [-0.3, -0.25) is 5.10 Å². The predicted molar refractivity (Wildman–Crippen MR) is 125 cm³/mol. The standard InChI is InChI=1S/C18H13FN4.C6H6BFO2/c19-15-8-4-3-7-14(15)18-13-6-2-1-5-12(13)11-17(22-18)21-16-9-10-20-23-16;8-6-4-2-1-3-5(6)7(9)10/h1-11H,(H2,20,21,22,23);1-4,9-10H. The smallest absolute Gasteiger partial charge is 0.423 e. The number of aromatic amines is 1. The van der Waals surface area contributed by atoms with E-state index in [0.29, 0.717) is 17.1 Å². The van der Waals surface area contributed by atoms with Crippen molar-refractivity contribution in [1.82, 2.24) is 15.2 Å². The Kier molecular flexibility index (Phi) is 6.73. The van der Waals surface area contributed by atoms with Gasteiger partial charge in [-0.25, -0.2) is 13.8 Å². The van der Waals surface area contributed by atoms with Crippen LogP contribution in [0.3, 0.4) is 0 Å². The molecule has 0 aliphatic carbocycles. The number of aromatic nitrogens is 3. The van der Waals surface area contributed by atoms with E-state index in [-0.39, 0.29) is 11.3 Å². The summed E-state index contributed by atoms with van der Waals surface area (Å²) < 4.78 is 26.8. The third kappa shape index (κ3) is 5.23. The van der Waals surface area contributed by atoms with E-state index in [4.69, 9.17) is 10.0 Å². The Hall–Kier alpha value is -4.08. The molecule has 5 rings (SSSR count). The molecule has 0 spiro atoms. The minimum Gasteiger partial charge on any atom is -0.423 e. The topological polar surface area (TPSA) is 94.1 Å². The lowest BCUT2D eigenvalue weighted by molar-refractivity contribution is 0.423. The number of nitrogens with zero attached hydrogens (tertiary/aromatic N) is 2. The van der Waals surface area contributed by atoms with Crippen LogP contribution in [0.25, 0.3) is 22.0 Å². The van der Waals surface area contributed by atoms with Crippen LogP contribution in [0.2, 0.25) is 0 Å². The first-order chi connectivity index (χ1) is 16.0. The third-order valence-corrected chi connectivity index (χ3v) is 4.82. The van der Waals surface area contributed by atoms with Crippen LogP contribution in [-0.4, -0.2) is 32.3 Å². The fourth-order valence-electron chi connectivity index (χ4n) is 3.27. The van der Waals surface area contributed by atoms with Gasteiger partial charge in [-0.2, -0.15) is 5.10 Å². The summed E-state index contributed by atoms with van der Waals surface area (Å²) in [7, 11) is -1.72. The van der Waals surface area contributed by atoms with Crippen molar-refractivity contribution < 1.29 is 18.8 Å². The number of H-pyrrole nitrogens is 1. The molecule has 0 aliphatic heterocycles. The zero-order chi connectivity index (χ0) is 23.2. The van der Waals surface area contributed by atoms with E-state index in [1.807, 2.05) is 36.4 Å². The molecule has 4 N–H and O–H groups in total. The molecule has 164 valence electrons. The minimum absolute atomic E-state index is 0.0949. The molecule has 6 nitrogen and oxygen atoms in total. The van der Waals surface area contributed by atoms with Gasteiger partial charge in [-0.15, -0.1) is 0 Å². The van der Waals surface area contributed by atoms with Crippen molar-refractivity contribution in [2.24, 2.45) is 0 Å². The lowest BCUT2D eigenvalue weighted by atomic mass is 9.80. The summed E-state index contributed by atoms with van der Waals surface area (Å²) >= 11 is 0. The average molecular weight is 444 g/mol. The van der Waals surface area contributed by atoms with Crippen LogP contribution < -0.4 is 10.8 Å². The van der Waals surface area contributed by atoms with Crippen molar-refractivity contribution in [3.05, 3.63) is 103 Å². The molecule has 5 aromatic rings. The summed E-state index contributed by atoms with van der Waals surface area (Å²) in [6.07, 6.45) is 1.65. The molecule has 3 aromatic carbocycles. The average Bonchev–Trinajstić information content (AvgIpc) is 3.32. The molecule has 0 atom stereocenters. The second-order valence-electron chi connectivity index (χ2n) is 7.05. The Morgan fingerprint density at radius 3 is 2.18 bits per heavy atom. The van der Waals surface area contributed by atoms with Crippen molar-refractivity contribution in [3.63, 3.8) is 0 Å². The van der Waals surface area contributed by atoms with Gasteiger partial charge in [-0.05, 0) is 29.7 Å². The number of nitrogens with one attached hydrogen (secondary N) is 2. The first-order valence-electron chi connectivity index (χ1n) is 10.0. The van der Waals surface area contributed by atoms with Crippen LogP contribution in [0, 0.1) is 11.6 Å². The highest BCUT2D eigenvalue weighted by molar-refractivity contribution is 6.58. The molecular weight excluding hydrogens is 425 g/mol. The molecule has 0 aliphatic rings. The molecule has 0 unspecified atom stereocenters. The van der Waals surface area contributed by atoms with Crippen molar-refractivity contribution in [2.45, 2.75) is 0 Å². The normalized spacial score (nSPS) is 10.4. The van der Waals surface area contributed by atoms with Crippen LogP contribution in [0.4, 0.5) is 20.4 Å². The maximum atomic E-state index is 14.2. The predicted octanol–water partition coefficient (Wildman–Crippen LogP) is 4.01. The van der Waals surface area contributed by atoms with Gasteiger partial charge in [0.2, 0.25) is 0 Å². The highest BCUT2D eigenvalue weighted by Crippen LogP contribution is 2.31. The van der Waals surface area contributed by atoms with E-state index >= 15 is 0 Å². The number of fused-ring (bicyclic) bond motifs is 1. The number of pyridine rings is 1. The number of hydrogen-bond donors (Lipinski definition) is 4. The van der Waals surface area contributed by atoms with E-state index in [2.05, 4.69) is 20.5 Å². The first-order valence-corrected chi connectivity index (χ1v) is 10.0. The summed E-state index contributed by atoms with van der Waals surface area (Å²) in [5.41, 5.74) is 1.00. The van der Waals surface area contributed by atoms with Crippen LogP contribution >= 0.6 is 0 Å². The maximum absolute atomic E-state index is 14.2. The van der Waals surface area contributed by atoms with E-state index in [9.17, 15) is 8.78 Å². The Labute approximate surface area is 188 Å². The first kappa shape index (κ1) is 22.1. The number of benzene rings is 3. The van der Waals surface area contributed by atoms with Crippen molar-refractivity contribution in [1.29, 1.82) is 0 Å². The lowest BCUT2D eigenvalue weighted by Crippen LogP contribution is -2.32. The highest BCUT2D eigenvalue weighted by atomic mass is 19.1. The number of anilines is 2. The Morgan fingerprint density at radius 1 is 0.818 bits per heavy atom. The Balaban J connectivity index is 0.000000219. The molecule has 9 heteroatoms. The summed E-state index contributed by atoms with van der Waals surface area (Å²) in [6.45, 7) is 0. The second kappa shape index (κ2) is 10.0. The van der Waals surface area contributed by atoms with Gasteiger partial charge in [0, 0.05) is 22.5 Å². The van der Waals surface area contributed by atoms with Crippen LogP contribution in [0.5, 0.6) is 0 Å². The zero-order valence-corrected chi connectivity index (χ0v) is 17.3. The van der Waals surface area contributed by atoms with Gasteiger partial charge in [0.1, 0.15) is 23.3 Å². The SMILES string of the molecule is Fc1ccccc1-c1nc(Nc2ccn[nH]2)cc2ccccc12.OB(O)c1ccccc1F. The molecule has 0 radical (unpaired) electrons. The minimum atomic E-state index is -1.72. The van der Waals surface area contributed by atoms with E-state index in [0.717, 1.165) is 16.6 Å². The molecule has 2 heterocycles. The van der Waals surface area contributed by atoms with Crippen LogP contribution in [0.1, 0.15) is 0 Å². The summed E-state index contributed by atoms with van der Waals surface area (Å²) in [4.78, 5) is 4.61. The van der Waals surface area contributed by atoms with Crippen molar-refractivity contribution in [2.75, 3.05) is 5.32 Å². The molecule has 0 saturated heterocycles. The fourth-order valence-corrected chi connectivity index (χ4v) is 3.27. The van der Waals surface area contributed by atoms with Gasteiger partial charge in [0.05, 0.1) is 11.9 Å². The van der Waals surface area contributed by atoms with Gasteiger partial charge in [-0.1, -0.05) is 54.6 Å². The molecule has 2 aromatic heterocycles. The third-order valence-electron chi connectivity index (χ3n) is 4.82. The fraction of sp³-hybridized carbons (Fsp3) is 0. The highest BCUT2D eigenvalue weighted by Gasteiger charge is 2.14. The van der Waals surface area contributed by atoms with Gasteiger partial charge < -0.3 is 15.4 Å². The molecule has 0 amide bonds. The Bertz CT molecular complexity index is 1360.